The maximum Gasteiger partial charge on any atom is 0.0402 e. The number of aliphatic hydroxyl groups is 2. The first-order valence-corrected chi connectivity index (χ1v) is 2.05. The van der Waals surface area contributed by atoms with Gasteiger partial charge in [0.1, 0.15) is 0 Å². The van der Waals surface area contributed by atoms with Crippen LogP contribution in [-0.2, 0) is 25.8 Å². The Balaban J connectivity index is -0.00000000889. The molecule has 0 saturated carbocycles. The maximum absolute atomic E-state index is 7.57. The second-order valence-corrected chi connectivity index (χ2v) is 0.632. The Morgan fingerprint density at radius 1 is 0.889 bits per heavy atom. The van der Waals surface area contributed by atoms with E-state index in [0.29, 0.717) is 0 Å². The summed E-state index contributed by atoms with van der Waals surface area (Å²) in [6.07, 6.45) is 0. The van der Waals surface area contributed by atoms with E-state index in [-0.39, 0.29) is 73.0 Å². The quantitative estimate of drug-likeness (QED) is 0.376. The fraction of sp³-hybridized carbons (Fsp3) is 1.00. The summed E-state index contributed by atoms with van der Waals surface area (Å²) in [5, 5.41) is 15.1. The van der Waals surface area contributed by atoms with Gasteiger partial charge < -0.3 is 44.2 Å². The zero-order chi connectivity index (χ0) is 5.41. The molecule has 2 N–H and O–H groups in total. The number of halogens is 2. The van der Waals surface area contributed by atoms with Crippen molar-refractivity contribution in [1.82, 2.24) is 0 Å². The van der Waals surface area contributed by atoms with Crippen molar-refractivity contribution in [2.24, 2.45) is 0 Å². The maximum atomic E-state index is 7.57. The van der Waals surface area contributed by atoms with Crippen LogP contribution in [0, 0.1) is 0 Å². The summed E-state index contributed by atoms with van der Waals surface area (Å²) in [6, 6.07) is 0. The largest absolute Gasteiger partial charge is 1.00 e. The third-order valence-corrected chi connectivity index (χ3v) is 0. The molecule has 0 saturated heterocycles. The molecular weight excluding hydrogens is 418 g/mol. The average Bonchev–Trinajstić information content (AvgIpc) is 1.39. The van der Waals surface area contributed by atoms with Crippen molar-refractivity contribution in [2.75, 3.05) is 13.2 Å². The van der Waals surface area contributed by atoms with Crippen LogP contribution >= 0.6 is 0 Å². The molecule has 2 nitrogen and oxygen atoms in total. The fourth-order valence-electron chi connectivity index (χ4n) is 0. The van der Waals surface area contributed by atoms with Crippen molar-refractivity contribution in [1.29, 1.82) is 0 Å². The monoisotopic (exact) mass is 430 g/mol. The standard InChI is InChI=1S/2C2H6O.2BrH.Hf/c2*1-2-3;;;/h2*3H,2H2,1H3;2*1H;/p-2. The minimum absolute atomic E-state index is 0. The van der Waals surface area contributed by atoms with E-state index in [0.717, 1.165) is 0 Å². The minimum atomic E-state index is 0. The number of hydrogen-bond acceptors (Lipinski definition) is 2. The molecule has 0 aromatic rings. The van der Waals surface area contributed by atoms with Gasteiger partial charge in [-0.1, -0.05) is 0 Å². The van der Waals surface area contributed by atoms with Crippen molar-refractivity contribution < 1.29 is 70.0 Å². The Hall–Kier alpha value is 1.75. The Labute approximate surface area is 96.4 Å². The van der Waals surface area contributed by atoms with Crippen LogP contribution < -0.4 is 34.0 Å². The Bertz CT molecular complexity index is 18.5. The Kier molecular flexibility index (Phi) is 182. The van der Waals surface area contributed by atoms with E-state index < -0.39 is 0 Å². The van der Waals surface area contributed by atoms with E-state index in [9.17, 15) is 0 Å². The van der Waals surface area contributed by atoms with Gasteiger partial charge in [0.15, 0.2) is 0 Å². The predicted molar refractivity (Wildman–Crippen MR) is 25.5 cm³/mol. The number of hydrogen-bond donors (Lipinski definition) is 2. The van der Waals surface area contributed by atoms with Gasteiger partial charge in [0.05, 0.1) is 0 Å². The summed E-state index contributed by atoms with van der Waals surface area (Å²) in [4.78, 5) is 0. The van der Waals surface area contributed by atoms with Gasteiger partial charge in [-0.05, 0) is 13.8 Å². The Morgan fingerprint density at radius 2 is 0.889 bits per heavy atom. The molecule has 0 rings (SSSR count). The molecule has 0 aliphatic carbocycles. The zero-order valence-electron chi connectivity index (χ0n) is 5.56. The number of aliphatic hydroxyl groups excluding tert-OH is 2. The third-order valence-electron chi connectivity index (χ3n) is 0. The molecule has 0 fully saturated rings. The van der Waals surface area contributed by atoms with Gasteiger partial charge >= 0.3 is 0 Å². The van der Waals surface area contributed by atoms with Crippen molar-refractivity contribution >= 4 is 0 Å². The second-order valence-electron chi connectivity index (χ2n) is 0.632. The molecule has 0 spiro atoms. The van der Waals surface area contributed by atoms with Crippen LogP contribution in [-0.4, -0.2) is 23.4 Å². The van der Waals surface area contributed by atoms with Gasteiger partial charge in [0.25, 0.3) is 0 Å². The normalized spacial score (nSPS) is 4.00. The first kappa shape index (κ1) is 30.9. The van der Waals surface area contributed by atoms with E-state index in [1.54, 1.807) is 13.8 Å². The minimum Gasteiger partial charge on any atom is -1.00 e. The molecule has 5 heteroatoms. The molecule has 0 aromatic heterocycles. The SMILES string of the molecule is CCO.CCO.[Br-].[Br-].[Hf]. The summed E-state index contributed by atoms with van der Waals surface area (Å²) >= 11 is 0. The van der Waals surface area contributed by atoms with Gasteiger partial charge in [0.2, 0.25) is 0 Å². The van der Waals surface area contributed by atoms with E-state index >= 15 is 0 Å². The van der Waals surface area contributed by atoms with E-state index in [4.69, 9.17) is 10.2 Å². The van der Waals surface area contributed by atoms with Gasteiger partial charge in [-0.2, -0.15) is 0 Å². The zero-order valence-corrected chi connectivity index (χ0v) is 12.3. The van der Waals surface area contributed by atoms with Gasteiger partial charge in [-0.25, -0.2) is 0 Å². The van der Waals surface area contributed by atoms with Crippen molar-refractivity contribution in [2.45, 2.75) is 13.8 Å². The van der Waals surface area contributed by atoms with Crippen LogP contribution in [0.3, 0.4) is 0 Å². The molecule has 0 atom stereocenters. The van der Waals surface area contributed by atoms with Gasteiger partial charge in [0, 0.05) is 39.1 Å². The number of rotatable bonds is 0. The summed E-state index contributed by atoms with van der Waals surface area (Å²) < 4.78 is 0. The first-order chi connectivity index (χ1) is 2.83. The predicted octanol–water partition coefficient (Wildman–Crippen LogP) is -6.00. The van der Waals surface area contributed by atoms with Crippen molar-refractivity contribution in [3.8, 4) is 0 Å². The van der Waals surface area contributed by atoms with Crippen LogP contribution in [0.15, 0.2) is 0 Å². The Morgan fingerprint density at radius 3 is 0.889 bits per heavy atom. The molecule has 9 heavy (non-hydrogen) atoms. The second kappa shape index (κ2) is 53.1. The molecule has 0 radical (unpaired) electrons. The molecule has 0 bridgehead atoms. The summed E-state index contributed by atoms with van der Waals surface area (Å²) in [5.74, 6) is 0. The molecule has 0 aliphatic heterocycles. The van der Waals surface area contributed by atoms with Crippen LogP contribution in [0.1, 0.15) is 13.8 Å². The average molecular weight is 430 g/mol. The van der Waals surface area contributed by atoms with Crippen molar-refractivity contribution in [3.05, 3.63) is 0 Å². The first-order valence-electron chi connectivity index (χ1n) is 2.05. The third kappa shape index (κ3) is 191. The molecule has 60 valence electrons. The van der Waals surface area contributed by atoms with Crippen LogP contribution in [0.25, 0.3) is 0 Å². The van der Waals surface area contributed by atoms with Gasteiger partial charge in [-0.15, -0.1) is 0 Å². The summed E-state index contributed by atoms with van der Waals surface area (Å²) in [7, 11) is 0. The van der Waals surface area contributed by atoms with E-state index in [2.05, 4.69) is 0 Å². The van der Waals surface area contributed by atoms with Crippen LogP contribution in [0.2, 0.25) is 0 Å². The van der Waals surface area contributed by atoms with Gasteiger partial charge in [-0.3, -0.25) is 0 Å². The van der Waals surface area contributed by atoms with Crippen molar-refractivity contribution in [3.63, 3.8) is 0 Å². The van der Waals surface area contributed by atoms with E-state index in [1.807, 2.05) is 0 Å². The molecule has 0 unspecified atom stereocenters. The topological polar surface area (TPSA) is 40.5 Å². The summed E-state index contributed by atoms with van der Waals surface area (Å²) in [5.41, 5.74) is 0. The molecule has 0 aromatic carbocycles. The fourth-order valence-corrected chi connectivity index (χ4v) is 0. The smallest absolute Gasteiger partial charge is 0.0402 e. The molecular formula is C4H12Br2HfO2-2. The molecule has 0 aliphatic rings. The summed E-state index contributed by atoms with van der Waals surface area (Å²) in [6.45, 7) is 3.86. The molecule has 0 amide bonds. The van der Waals surface area contributed by atoms with Crippen LogP contribution in [0.5, 0.6) is 0 Å². The van der Waals surface area contributed by atoms with Crippen LogP contribution in [0.4, 0.5) is 0 Å². The molecule has 0 heterocycles. The van der Waals surface area contributed by atoms with E-state index in [1.165, 1.54) is 0 Å².